The number of aromatic carboxylic acids is 1. The van der Waals surface area contributed by atoms with Crippen LogP contribution in [0.15, 0.2) is 24.3 Å². The number of hydrogen-bond acceptors (Lipinski definition) is 5. The molecule has 0 unspecified atom stereocenters. The Kier molecular flexibility index (Phi) is 3.12. The standard InChI is InChI=1S/C16H16N2O5/c19-14-12-10-5-6-11(23-10)13(12)15(20)18(14)7-17-9-3-1-8(2-4-9)16(21)22/h1-4,10-13,17H,5-7H2,(H,21,22)/t10-,11+,12-,13+. The van der Waals surface area contributed by atoms with Crippen LogP contribution in [0.5, 0.6) is 0 Å². The summed E-state index contributed by atoms with van der Waals surface area (Å²) in [4.78, 5) is 37.0. The maximum Gasteiger partial charge on any atom is 0.335 e. The Labute approximate surface area is 132 Å². The van der Waals surface area contributed by atoms with E-state index in [0.29, 0.717) is 5.69 Å². The lowest BCUT2D eigenvalue weighted by molar-refractivity contribution is -0.142. The van der Waals surface area contributed by atoms with Crippen molar-refractivity contribution in [2.24, 2.45) is 11.8 Å². The summed E-state index contributed by atoms with van der Waals surface area (Å²) < 4.78 is 5.68. The number of carboxylic acid groups (broad SMARTS) is 1. The lowest BCUT2D eigenvalue weighted by atomic mass is 9.81. The second-order valence-corrected chi connectivity index (χ2v) is 6.16. The van der Waals surface area contributed by atoms with Crippen LogP contribution in [0.3, 0.4) is 0 Å². The van der Waals surface area contributed by atoms with E-state index >= 15 is 0 Å². The van der Waals surface area contributed by atoms with Crippen LogP contribution in [-0.4, -0.2) is 46.7 Å². The summed E-state index contributed by atoms with van der Waals surface area (Å²) in [5.74, 6) is -1.97. The van der Waals surface area contributed by atoms with Gasteiger partial charge in [-0.15, -0.1) is 0 Å². The molecule has 120 valence electrons. The smallest absolute Gasteiger partial charge is 0.335 e. The molecule has 2 amide bonds. The molecule has 3 saturated heterocycles. The third-order valence-electron chi connectivity index (χ3n) is 4.95. The first-order valence-electron chi connectivity index (χ1n) is 7.64. The third-order valence-corrected chi connectivity index (χ3v) is 4.95. The zero-order valence-electron chi connectivity index (χ0n) is 12.3. The van der Waals surface area contributed by atoms with Gasteiger partial charge in [0.15, 0.2) is 0 Å². The fourth-order valence-electron chi connectivity index (χ4n) is 3.83. The van der Waals surface area contributed by atoms with Crippen molar-refractivity contribution in [2.45, 2.75) is 25.0 Å². The van der Waals surface area contributed by atoms with E-state index in [4.69, 9.17) is 9.84 Å². The number of anilines is 1. The minimum Gasteiger partial charge on any atom is -0.478 e. The van der Waals surface area contributed by atoms with E-state index in [9.17, 15) is 14.4 Å². The van der Waals surface area contributed by atoms with Crippen LogP contribution in [0.25, 0.3) is 0 Å². The Balaban J connectivity index is 1.44. The molecule has 23 heavy (non-hydrogen) atoms. The molecule has 4 atom stereocenters. The highest BCUT2D eigenvalue weighted by Gasteiger charge is 2.62. The molecule has 4 rings (SSSR count). The van der Waals surface area contributed by atoms with Crippen molar-refractivity contribution < 1.29 is 24.2 Å². The van der Waals surface area contributed by atoms with Gasteiger partial charge in [0.05, 0.1) is 36.3 Å². The second kappa shape index (κ2) is 5.06. The molecule has 0 saturated carbocycles. The normalized spacial score (nSPS) is 31.6. The zero-order valence-corrected chi connectivity index (χ0v) is 12.3. The first-order chi connectivity index (χ1) is 11.1. The number of nitrogens with one attached hydrogen (secondary N) is 1. The van der Waals surface area contributed by atoms with E-state index < -0.39 is 5.97 Å². The summed E-state index contributed by atoms with van der Waals surface area (Å²) in [5.41, 5.74) is 0.846. The maximum atomic E-state index is 12.5. The van der Waals surface area contributed by atoms with Gasteiger partial charge in [0.25, 0.3) is 0 Å². The topological polar surface area (TPSA) is 95.9 Å². The Bertz CT molecular complexity index is 658. The second-order valence-electron chi connectivity index (χ2n) is 6.16. The molecule has 0 radical (unpaired) electrons. The average molecular weight is 316 g/mol. The van der Waals surface area contributed by atoms with E-state index in [2.05, 4.69) is 5.32 Å². The minimum atomic E-state index is -0.996. The van der Waals surface area contributed by atoms with Crippen LogP contribution in [0.4, 0.5) is 5.69 Å². The molecular formula is C16H16N2O5. The molecule has 2 bridgehead atoms. The predicted octanol–water partition coefficient (Wildman–Crippen LogP) is 0.917. The largest absolute Gasteiger partial charge is 0.478 e. The van der Waals surface area contributed by atoms with Gasteiger partial charge in [-0.25, -0.2) is 4.79 Å². The third kappa shape index (κ3) is 2.11. The van der Waals surface area contributed by atoms with Gasteiger partial charge in [-0.05, 0) is 37.1 Å². The van der Waals surface area contributed by atoms with Crippen LogP contribution in [0.1, 0.15) is 23.2 Å². The summed E-state index contributed by atoms with van der Waals surface area (Å²) >= 11 is 0. The molecule has 3 heterocycles. The van der Waals surface area contributed by atoms with E-state index in [1.165, 1.54) is 17.0 Å². The molecule has 1 aromatic carbocycles. The number of nitrogens with zero attached hydrogens (tertiary/aromatic N) is 1. The van der Waals surface area contributed by atoms with Gasteiger partial charge in [0.1, 0.15) is 0 Å². The number of carbonyl (C=O) groups excluding carboxylic acids is 2. The number of ether oxygens (including phenoxy) is 1. The molecule has 3 aliphatic heterocycles. The minimum absolute atomic E-state index is 0.0938. The summed E-state index contributed by atoms with van der Waals surface area (Å²) in [6.45, 7) is 0.0938. The number of carboxylic acids is 1. The number of amides is 2. The average Bonchev–Trinajstić information content (AvgIpc) is 3.21. The monoisotopic (exact) mass is 316 g/mol. The first kappa shape index (κ1) is 14.2. The molecule has 1 aromatic rings. The fourth-order valence-corrected chi connectivity index (χ4v) is 3.83. The number of hydrogen-bond donors (Lipinski definition) is 2. The van der Waals surface area contributed by atoms with Gasteiger partial charge in [-0.2, -0.15) is 0 Å². The molecule has 0 aliphatic carbocycles. The number of benzene rings is 1. The quantitative estimate of drug-likeness (QED) is 0.802. The summed E-state index contributed by atoms with van der Waals surface area (Å²) in [5, 5.41) is 11.9. The van der Waals surface area contributed by atoms with Crippen molar-refractivity contribution in [1.82, 2.24) is 4.90 Å². The van der Waals surface area contributed by atoms with Gasteiger partial charge in [-0.3, -0.25) is 14.5 Å². The Morgan fingerprint density at radius 2 is 1.70 bits per heavy atom. The molecule has 0 aromatic heterocycles. The van der Waals surface area contributed by atoms with Gasteiger partial charge in [-0.1, -0.05) is 0 Å². The SMILES string of the molecule is O=C(O)c1ccc(NCN2C(=O)[C@@H]3[C@H](C2=O)[C@H]2CC[C@@H]3O2)cc1. The van der Waals surface area contributed by atoms with Crippen molar-refractivity contribution in [3.05, 3.63) is 29.8 Å². The van der Waals surface area contributed by atoms with Crippen molar-refractivity contribution in [2.75, 3.05) is 12.0 Å². The Morgan fingerprint density at radius 3 is 2.22 bits per heavy atom. The Hall–Kier alpha value is -2.41. The highest BCUT2D eigenvalue weighted by Crippen LogP contribution is 2.48. The van der Waals surface area contributed by atoms with Crippen molar-refractivity contribution in [3.8, 4) is 0 Å². The zero-order chi connectivity index (χ0) is 16.1. The Morgan fingerprint density at radius 1 is 1.13 bits per heavy atom. The van der Waals surface area contributed by atoms with Crippen molar-refractivity contribution in [3.63, 3.8) is 0 Å². The number of likely N-dealkylation sites (tertiary alicyclic amines) is 1. The van der Waals surface area contributed by atoms with Crippen molar-refractivity contribution >= 4 is 23.5 Å². The molecule has 3 aliphatic rings. The molecule has 7 heteroatoms. The number of imide groups is 1. The molecule has 7 nitrogen and oxygen atoms in total. The highest BCUT2D eigenvalue weighted by molar-refractivity contribution is 6.06. The van der Waals surface area contributed by atoms with Crippen LogP contribution in [0.2, 0.25) is 0 Å². The summed E-state index contributed by atoms with van der Waals surface area (Å²) in [6.07, 6.45) is 1.48. The van der Waals surface area contributed by atoms with Crippen molar-refractivity contribution in [1.29, 1.82) is 0 Å². The van der Waals surface area contributed by atoms with Crippen LogP contribution in [-0.2, 0) is 14.3 Å². The van der Waals surface area contributed by atoms with Crippen LogP contribution in [0, 0.1) is 11.8 Å². The lowest BCUT2D eigenvalue weighted by Crippen LogP contribution is -2.38. The summed E-state index contributed by atoms with van der Waals surface area (Å²) in [7, 11) is 0. The van der Waals surface area contributed by atoms with E-state index in [1.807, 2.05) is 0 Å². The number of fused-ring (bicyclic) bond motifs is 5. The van der Waals surface area contributed by atoms with E-state index in [1.54, 1.807) is 12.1 Å². The number of rotatable bonds is 4. The van der Waals surface area contributed by atoms with Gasteiger partial charge >= 0.3 is 5.97 Å². The van der Waals surface area contributed by atoms with E-state index in [0.717, 1.165) is 12.8 Å². The molecular weight excluding hydrogens is 300 g/mol. The van der Waals surface area contributed by atoms with Gasteiger partial charge in [0.2, 0.25) is 11.8 Å². The highest BCUT2D eigenvalue weighted by atomic mass is 16.5. The molecule has 2 N–H and O–H groups in total. The van der Waals surface area contributed by atoms with Crippen LogP contribution >= 0.6 is 0 Å². The molecule has 3 fully saturated rings. The van der Waals surface area contributed by atoms with Crippen LogP contribution < -0.4 is 5.32 Å². The van der Waals surface area contributed by atoms with E-state index in [-0.39, 0.29) is 48.1 Å². The first-order valence-corrected chi connectivity index (χ1v) is 7.64. The lowest BCUT2D eigenvalue weighted by Gasteiger charge is -2.18. The summed E-state index contributed by atoms with van der Waals surface area (Å²) in [6, 6.07) is 6.17. The number of carbonyl (C=O) groups is 3. The maximum absolute atomic E-state index is 12.5. The van der Waals surface area contributed by atoms with Gasteiger partial charge < -0.3 is 15.2 Å². The van der Waals surface area contributed by atoms with Gasteiger partial charge in [0, 0.05) is 5.69 Å². The predicted molar refractivity (Wildman–Crippen MR) is 78.6 cm³/mol. The fraction of sp³-hybridized carbons (Fsp3) is 0.438. The molecule has 0 spiro atoms.